The molecular formula is C10H11Cl2N3O. The highest BCUT2D eigenvalue weighted by molar-refractivity contribution is 6.37. The molecule has 86 valence electrons. The molecule has 1 fully saturated rings. The van der Waals surface area contributed by atoms with Crippen molar-refractivity contribution in [3.63, 3.8) is 0 Å². The van der Waals surface area contributed by atoms with Crippen LogP contribution in [0, 0.1) is 6.92 Å². The number of anilines is 1. The fourth-order valence-electron chi connectivity index (χ4n) is 1.67. The smallest absolute Gasteiger partial charge is 0.229 e. The largest absolute Gasteiger partial charge is 0.326 e. The molecule has 1 atom stereocenters. The van der Waals surface area contributed by atoms with E-state index in [2.05, 4.69) is 4.98 Å². The second kappa shape index (κ2) is 4.20. The van der Waals surface area contributed by atoms with Crippen molar-refractivity contribution < 1.29 is 4.79 Å². The third kappa shape index (κ3) is 1.88. The number of carbonyl (C=O) groups is 1. The molecule has 0 saturated carbocycles. The molecule has 2 rings (SSSR count). The number of amides is 1. The van der Waals surface area contributed by atoms with Gasteiger partial charge in [0, 0.05) is 25.2 Å². The minimum atomic E-state index is -0.152. The third-order valence-electron chi connectivity index (χ3n) is 2.59. The van der Waals surface area contributed by atoms with Crippen LogP contribution in [-0.2, 0) is 4.79 Å². The molecule has 1 saturated heterocycles. The minimum absolute atomic E-state index is 0.0522. The van der Waals surface area contributed by atoms with Gasteiger partial charge in [-0.3, -0.25) is 9.69 Å². The number of rotatable bonds is 1. The maximum Gasteiger partial charge on any atom is 0.229 e. The molecule has 1 aliphatic rings. The lowest BCUT2D eigenvalue weighted by Gasteiger charge is -2.17. The standard InChI is InChI=1S/C10H11Cl2N3O/c1-5-7(11)3-14-10(9(5)12)15-4-6(13)2-8(15)16/h3,6H,2,4,13H2,1H3. The van der Waals surface area contributed by atoms with Crippen LogP contribution >= 0.6 is 23.2 Å². The number of nitrogens with two attached hydrogens (primary N) is 1. The molecule has 6 heteroatoms. The van der Waals surface area contributed by atoms with Crippen molar-refractivity contribution in [3.05, 3.63) is 21.8 Å². The first-order valence-electron chi connectivity index (χ1n) is 4.87. The summed E-state index contributed by atoms with van der Waals surface area (Å²) in [5, 5.41) is 0.902. The zero-order valence-corrected chi connectivity index (χ0v) is 10.2. The monoisotopic (exact) mass is 259 g/mol. The Bertz CT molecular complexity index is 450. The lowest BCUT2D eigenvalue weighted by atomic mass is 10.3. The van der Waals surface area contributed by atoms with Crippen molar-refractivity contribution in [2.45, 2.75) is 19.4 Å². The van der Waals surface area contributed by atoms with Gasteiger partial charge in [0.05, 0.1) is 10.0 Å². The fourth-order valence-corrected chi connectivity index (χ4v) is 2.12. The van der Waals surface area contributed by atoms with Crippen LogP contribution in [0.5, 0.6) is 0 Å². The highest BCUT2D eigenvalue weighted by atomic mass is 35.5. The van der Waals surface area contributed by atoms with E-state index < -0.39 is 0 Å². The van der Waals surface area contributed by atoms with Gasteiger partial charge in [0.2, 0.25) is 5.91 Å². The topological polar surface area (TPSA) is 59.2 Å². The van der Waals surface area contributed by atoms with E-state index in [9.17, 15) is 4.79 Å². The summed E-state index contributed by atoms with van der Waals surface area (Å²) in [6.45, 7) is 2.24. The molecule has 1 unspecified atom stereocenters. The fraction of sp³-hybridized carbons (Fsp3) is 0.400. The molecule has 0 spiro atoms. The quantitative estimate of drug-likeness (QED) is 0.836. The van der Waals surface area contributed by atoms with Crippen LogP contribution in [-0.4, -0.2) is 23.5 Å². The lowest BCUT2D eigenvalue weighted by Crippen LogP contribution is -2.29. The lowest BCUT2D eigenvalue weighted by molar-refractivity contribution is -0.117. The van der Waals surface area contributed by atoms with Crippen molar-refractivity contribution in [1.29, 1.82) is 0 Å². The zero-order valence-electron chi connectivity index (χ0n) is 8.70. The molecular weight excluding hydrogens is 249 g/mol. The van der Waals surface area contributed by atoms with E-state index in [0.717, 1.165) is 5.56 Å². The number of carbonyl (C=O) groups excluding carboxylic acids is 1. The first-order valence-corrected chi connectivity index (χ1v) is 5.63. The van der Waals surface area contributed by atoms with Crippen molar-refractivity contribution >= 4 is 34.9 Å². The van der Waals surface area contributed by atoms with Crippen LogP contribution < -0.4 is 10.6 Å². The van der Waals surface area contributed by atoms with Gasteiger partial charge in [-0.2, -0.15) is 0 Å². The van der Waals surface area contributed by atoms with Crippen LogP contribution in [0.4, 0.5) is 5.82 Å². The molecule has 0 aromatic carbocycles. The van der Waals surface area contributed by atoms with Gasteiger partial charge in [0.15, 0.2) is 5.82 Å². The summed E-state index contributed by atoms with van der Waals surface area (Å²) in [4.78, 5) is 17.2. The molecule has 4 nitrogen and oxygen atoms in total. The van der Waals surface area contributed by atoms with Crippen molar-refractivity contribution in [2.75, 3.05) is 11.4 Å². The predicted octanol–water partition coefficient (Wildman–Crippen LogP) is 1.76. The molecule has 1 aliphatic heterocycles. The number of nitrogens with zero attached hydrogens (tertiary/aromatic N) is 2. The van der Waals surface area contributed by atoms with E-state index >= 15 is 0 Å². The number of pyridine rings is 1. The van der Waals surface area contributed by atoms with E-state index in [1.54, 1.807) is 6.92 Å². The number of halogens is 2. The normalized spacial score (nSPS) is 20.6. The number of hydrogen-bond acceptors (Lipinski definition) is 3. The van der Waals surface area contributed by atoms with Crippen molar-refractivity contribution in [2.24, 2.45) is 5.73 Å². The summed E-state index contributed by atoms with van der Waals surface area (Å²) in [7, 11) is 0. The molecule has 1 aromatic rings. The van der Waals surface area contributed by atoms with Crippen LogP contribution in [0.3, 0.4) is 0 Å². The van der Waals surface area contributed by atoms with Crippen LogP contribution in [0.2, 0.25) is 10.0 Å². The molecule has 0 radical (unpaired) electrons. The molecule has 16 heavy (non-hydrogen) atoms. The summed E-state index contributed by atoms with van der Waals surface area (Å²) in [6, 6.07) is -0.152. The van der Waals surface area contributed by atoms with E-state index in [4.69, 9.17) is 28.9 Å². The predicted molar refractivity (Wildman–Crippen MR) is 63.9 cm³/mol. The van der Waals surface area contributed by atoms with E-state index in [1.807, 2.05) is 0 Å². The third-order valence-corrected chi connectivity index (χ3v) is 3.43. The van der Waals surface area contributed by atoms with E-state index in [0.29, 0.717) is 28.8 Å². The van der Waals surface area contributed by atoms with Gasteiger partial charge in [0.1, 0.15) is 0 Å². The Morgan fingerprint density at radius 1 is 1.56 bits per heavy atom. The average Bonchev–Trinajstić information content (AvgIpc) is 2.55. The Hall–Kier alpha value is -0.840. The summed E-state index contributed by atoms with van der Waals surface area (Å²) in [6.07, 6.45) is 1.83. The first-order chi connectivity index (χ1) is 7.50. The van der Waals surface area contributed by atoms with E-state index in [-0.39, 0.29) is 11.9 Å². The first kappa shape index (κ1) is 11.6. The summed E-state index contributed by atoms with van der Waals surface area (Å²) in [5.41, 5.74) is 6.44. The number of hydrogen-bond donors (Lipinski definition) is 1. The molecule has 0 bridgehead atoms. The van der Waals surface area contributed by atoms with Crippen LogP contribution in [0.1, 0.15) is 12.0 Å². The minimum Gasteiger partial charge on any atom is -0.326 e. The van der Waals surface area contributed by atoms with Crippen molar-refractivity contribution in [1.82, 2.24) is 4.98 Å². The summed E-state index contributed by atoms with van der Waals surface area (Å²) >= 11 is 12.0. The molecule has 2 N–H and O–H groups in total. The zero-order chi connectivity index (χ0) is 11.9. The maximum absolute atomic E-state index is 11.6. The highest BCUT2D eigenvalue weighted by Gasteiger charge is 2.30. The Labute approximate surface area is 103 Å². The highest BCUT2D eigenvalue weighted by Crippen LogP contribution is 2.32. The maximum atomic E-state index is 11.6. The Kier molecular flexibility index (Phi) is 3.06. The Morgan fingerprint density at radius 2 is 2.25 bits per heavy atom. The molecule has 1 aromatic heterocycles. The average molecular weight is 260 g/mol. The van der Waals surface area contributed by atoms with Gasteiger partial charge in [-0.25, -0.2) is 4.98 Å². The summed E-state index contributed by atoms with van der Waals surface area (Å²) in [5.74, 6) is 0.394. The van der Waals surface area contributed by atoms with Gasteiger partial charge in [-0.1, -0.05) is 23.2 Å². The number of aromatic nitrogens is 1. The Balaban J connectivity index is 2.42. The van der Waals surface area contributed by atoms with Crippen LogP contribution in [0.15, 0.2) is 6.20 Å². The van der Waals surface area contributed by atoms with Gasteiger partial charge < -0.3 is 5.73 Å². The SMILES string of the molecule is Cc1c(Cl)cnc(N2CC(N)CC2=O)c1Cl. The second-order valence-electron chi connectivity index (χ2n) is 3.84. The van der Waals surface area contributed by atoms with Crippen LogP contribution in [0.25, 0.3) is 0 Å². The van der Waals surface area contributed by atoms with Gasteiger partial charge in [0.25, 0.3) is 0 Å². The van der Waals surface area contributed by atoms with E-state index in [1.165, 1.54) is 11.1 Å². The van der Waals surface area contributed by atoms with Gasteiger partial charge >= 0.3 is 0 Å². The van der Waals surface area contributed by atoms with Gasteiger partial charge in [-0.15, -0.1) is 0 Å². The summed E-state index contributed by atoms with van der Waals surface area (Å²) < 4.78 is 0. The molecule has 0 aliphatic carbocycles. The Morgan fingerprint density at radius 3 is 2.81 bits per heavy atom. The van der Waals surface area contributed by atoms with Gasteiger partial charge in [-0.05, 0) is 12.5 Å². The van der Waals surface area contributed by atoms with Crippen molar-refractivity contribution in [3.8, 4) is 0 Å². The molecule has 2 heterocycles. The second-order valence-corrected chi connectivity index (χ2v) is 4.62. The molecule has 1 amide bonds.